The van der Waals surface area contributed by atoms with Crippen molar-refractivity contribution in [2.45, 2.75) is 84.6 Å². The highest BCUT2D eigenvalue weighted by Gasteiger charge is 2.24. The van der Waals surface area contributed by atoms with Crippen LogP contribution in [0.3, 0.4) is 0 Å². The van der Waals surface area contributed by atoms with Crippen LogP contribution in [0.4, 0.5) is 5.69 Å². The summed E-state index contributed by atoms with van der Waals surface area (Å²) >= 11 is 0. The summed E-state index contributed by atoms with van der Waals surface area (Å²) in [5.41, 5.74) is 2.59. The Balaban J connectivity index is 1.75. The van der Waals surface area contributed by atoms with Crippen molar-refractivity contribution in [3.63, 3.8) is 0 Å². The maximum Gasteiger partial charge on any atom is 0.270 e. The summed E-state index contributed by atoms with van der Waals surface area (Å²) < 4.78 is 2.25. The zero-order valence-electron chi connectivity index (χ0n) is 21.4. The van der Waals surface area contributed by atoms with Gasteiger partial charge in [0.15, 0.2) is 0 Å². The first-order chi connectivity index (χ1) is 17.5. The molecule has 1 atom stereocenters. The Labute approximate surface area is 212 Å². The second kappa shape index (κ2) is 11.7. The number of aromatic nitrogens is 1. The van der Waals surface area contributed by atoms with Gasteiger partial charge in [-0.3, -0.25) is 14.9 Å². The number of hydrogen-bond donors (Lipinski definition) is 1. The van der Waals surface area contributed by atoms with Gasteiger partial charge in [-0.05, 0) is 48.9 Å². The molecular weight excluding hydrogens is 454 g/mol. The highest BCUT2D eigenvalue weighted by atomic mass is 16.6. The van der Waals surface area contributed by atoms with E-state index >= 15 is 0 Å². The summed E-state index contributed by atoms with van der Waals surface area (Å²) in [6.07, 6.45) is 10.6. The third kappa shape index (κ3) is 5.45. The normalized spacial score (nSPS) is 16.0. The largest absolute Gasteiger partial charge is 0.411 e. The number of benzene rings is 2. The highest BCUT2D eigenvalue weighted by Crippen LogP contribution is 2.34. The lowest BCUT2D eigenvalue weighted by Gasteiger charge is -2.21. The lowest BCUT2D eigenvalue weighted by atomic mass is 9.84. The van der Waals surface area contributed by atoms with Crippen LogP contribution in [0.5, 0.6) is 0 Å². The van der Waals surface area contributed by atoms with Gasteiger partial charge in [-0.15, -0.1) is 0 Å². The van der Waals surface area contributed by atoms with Crippen LogP contribution in [0.1, 0.15) is 88.4 Å². The van der Waals surface area contributed by atoms with Gasteiger partial charge in [0.05, 0.1) is 4.92 Å². The molecule has 0 saturated heterocycles. The number of nitro benzene ring substituents is 1. The molecule has 1 N–H and O–H groups in total. The van der Waals surface area contributed by atoms with Gasteiger partial charge in [0.2, 0.25) is 5.78 Å². The number of non-ortho nitro benzene ring substituents is 1. The number of nitro groups is 1. The van der Waals surface area contributed by atoms with Gasteiger partial charge in [-0.25, -0.2) is 0 Å². The van der Waals surface area contributed by atoms with Gasteiger partial charge in [-0.2, -0.15) is 0 Å². The van der Waals surface area contributed by atoms with Crippen LogP contribution in [0, 0.1) is 22.0 Å². The number of rotatable bonds is 11. The quantitative estimate of drug-likeness (QED) is 0.0968. The Hall–Kier alpha value is -3.22. The van der Waals surface area contributed by atoms with E-state index in [-0.39, 0.29) is 22.1 Å². The lowest BCUT2D eigenvalue weighted by Crippen LogP contribution is -2.20. The molecule has 1 unspecified atom stereocenters. The fourth-order valence-corrected chi connectivity index (χ4v) is 5.73. The number of unbranched alkanes of at least 4 members (excludes halogenated alkanes) is 1. The van der Waals surface area contributed by atoms with E-state index in [4.69, 9.17) is 0 Å². The Bertz CT molecular complexity index is 1270. The number of carbonyl (C=O) groups is 1. The van der Waals surface area contributed by atoms with Crippen molar-refractivity contribution < 1.29 is 14.9 Å². The van der Waals surface area contributed by atoms with Crippen LogP contribution in [-0.2, 0) is 6.54 Å². The molecular formula is C29H37N3O4. The lowest BCUT2D eigenvalue weighted by molar-refractivity contribution is -0.384. The minimum absolute atomic E-state index is 0.0335. The summed E-state index contributed by atoms with van der Waals surface area (Å²) in [5, 5.41) is 26.2. The summed E-state index contributed by atoms with van der Waals surface area (Å²) in [6.45, 7) is 5.23. The van der Waals surface area contributed by atoms with E-state index in [2.05, 4.69) is 23.6 Å². The Morgan fingerprint density at radius 1 is 1.11 bits per heavy atom. The van der Waals surface area contributed by atoms with Crippen molar-refractivity contribution in [1.82, 2.24) is 4.57 Å². The molecule has 0 bridgehead atoms. The van der Waals surface area contributed by atoms with Crippen molar-refractivity contribution >= 4 is 39.0 Å². The summed E-state index contributed by atoms with van der Waals surface area (Å²) in [7, 11) is 0. The highest BCUT2D eigenvalue weighted by molar-refractivity contribution is 6.46. The number of hydrogen-bond acceptors (Lipinski definition) is 5. The zero-order chi connectivity index (χ0) is 25.7. The molecule has 36 heavy (non-hydrogen) atoms. The maximum atomic E-state index is 13.3. The van der Waals surface area contributed by atoms with E-state index in [1.807, 2.05) is 18.2 Å². The topological polar surface area (TPSA) is 97.7 Å². The molecule has 1 heterocycles. The molecule has 1 aromatic heterocycles. The molecule has 7 heteroatoms. The summed E-state index contributed by atoms with van der Waals surface area (Å²) in [6, 6.07) is 10.5. The third-order valence-corrected chi connectivity index (χ3v) is 7.90. The first-order valence-electron chi connectivity index (χ1n) is 13.4. The Morgan fingerprint density at radius 3 is 2.44 bits per heavy atom. The first kappa shape index (κ1) is 25.9. The van der Waals surface area contributed by atoms with Crippen LogP contribution in [0.2, 0.25) is 0 Å². The molecule has 1 saturated carbocycles. The van der Waals surface area contributed by atoms with Gasteiger partial charge in [-0.1, -0.05) is 70.4 Å². The van der Waals surface area contributed by atoms with Crippen LogP contribution >= 0.6 is 0 Å². The smallest absolute Gasteiger partial charge is 0.270 e. The van der Waals surface area contributed by atoms with Crippen molar-refractivity contribution in [3.8, 4) is 0 Å². The predicted octanol–water partition coefficient (Wildman–Crippen LogP) is 7.90. The Kier molecular flexibility index (Phi) is 8.39. The molecule has 3 aromatic rings. The predicted molar refractivity (Wildman–Crippen MR) is 144 cm³/mol. The van der Waals surface area contributed by atoms with E-state index < -0.39 is 0 Å². The van der Waals surface area contributed by atoms with Crippen molar-refractivity contribution in [3.05, 3.63) is 52.1 Å². The SMILES string of the molecule is CCCCC(CC)Cn1c2ccc(C(=O)C(CC3CCCCC3)=NO)cc2c2cc([N+](=O)[O-])ccc21. The van der Waals surface area contributed by atoms with E-state index in [9.17, 15) is 20.1 Å². The molecule has 7 nitrogen and oxygen atoms in total. The molecule has 2 aromatic carbocycles. The minimum Gasteiger partial charge on any atom is -0.411 e. The third-order valence-electron chi connectivity index (χ3n) is 7.90. The molecule has 0 aliphatic heterocycles. The Morgan fingerprint density at radius 2 is 1.81 bits per heavy atom. The molecule has 4 rings (SSSR count). The summed E-state index contributed by atoms with van der Waals surface area (Å²) in [4.78, 5) is 24.5. The second-order valence-electron chi connectivity index (χ2n) is 10.3. The zero-order valence-corrected chi connectivity index (χ0v) is 21.4. The van der Waals surface area contributed by atoms with Crippen molar-refractivity contribution in [2.24, 2.45) is 17.0 Å². The fourth-order valence-electron chi connectivity index (χ4n) is 5.73. The molecule has 1 aliphatic rings. The number of Topliss-reactive ketones (excluding diaryl/α,β-unsaturated/α-hetero) is 1. The average molecular weight is 492 g/mol. The van der Waals surface area contributed by atoms with E-state index in [1.165, 1.54) is 12.8 Å². The molecule has 1 fully saturated rings. The second-order valence-corrected chi connectivity index (χ2v) is 10.3. The van der Waals surface area contributed by atoms with Crippen LogP contribution in [-0.4, -0.2) is 26.2 Å². The number of oxime groups is 1. The molecule has 1 aliphatic carbocycles. The number of fused-ring (bicyclic) bond motifs is 3. The fraction of sp³-hybridized carbons (Fsp3) is 0.517. The molecule has 0 spiro atoms. The van der Waals surface area contributed by atoms with Gasteiger partial charge < -0.3 is 9.77 Å². The van der Waals surface area contributed by atoms with Gasteiger partial charge in [0.1, 0.15) is 5.71 Å². The van der Waals surface area contributed by atoms with Crippen LogP contribution < -0.4 is 0 Å². The maximum absolute atomic E-state index is 13.3. The number of nitrogens with zero attached hydrogens (tertiary/aromatic N) is 3. The van der Waals surface area contributed by atoms with Gasteiger partial charge in [0, 0.05) is 46.0 Å². The molecule has 0 amide bonds. The van der Waals surface area contributed by atoms with Crippen LogP contribution in [0.25, 0.3) is 21.8 Å². The molecule has 192 valence electrons. The first-order valence-corrected chi connectivity index (χ1v) is 13.4. The minimum atomic E-state index is -0.381. The average Bonchev–Trinajstić information content (AvgIpc) is 3.21. The van der Waals surface area contributed by atoms with E-state index in [0.717, 1.165) is 73.3 Å². The van der Waals surface area contributed by atoms with Crippen molar-refractivity contribution in [1.29, 1.82) is 0 Å². The monoisotopic (exact) mass is 491 g/mol. The number of carbonyl (C=O) groups excluding carboxylic acids is 1. The molecule has 0 radical (unpaired) electrons. The van der Waals surface area contributed by atoms with Crippen LogP contribution in [0.15, 0.2) is 41.6 Å². The van der Waals surface area contributed by atoms with Gasteiger partial charge >= 0.3 is 0 Å². The summed E-state index contributed by atoms with van der Waals surface area (Å²) in [5.74, 6) is 0.602. The number of ketones is 1. The van der Waals surface area contributed by atoms with Crippen molar-refractivity contribution in [2.75, 3.05) is 0 Å². The van der Waals surface area contributed by atoms with Gasteiger partial charge in [0.25, 0.3) is 5.69 Å². The standard InChI is InChI=1S/C29H37N3O4/c1-3-5-9-20(4-2)19-31-27-14-12-22(29(33)26(30-34)16-21-10-7-6-8-11-21)17-24(27)25-18-23(32(35)36)13-15-28(25)31/h12-15,17-18,20-21,34H,3-11,16,19H2,1-2H3. The van der Waals surface area contributed by atoms with E-state index in [1.54, 1.807) is 18.2 Å². The van der Waals surface area contributed by atoms with E-state index in [0.29, 0.717) is 23.8 Å².